The Kier molecular flexibility index (Phi) is 4.63. The molecule has 2 saturated heterocycles. The lowest BCUT2D eigenvalue weighted by Crippen LogP contribution is -2.47. The number of methoxy groups -OCH3 is 1. The van der Waals surface area contributed by atoms with Crippen molar-refractivity contribution in [3.8, 4) is 28.4 Å². The molecule has 0 amide bonds. The first-order valence-corrected chi connectivity index (χ1v) is 10.1. The molecule has 5 rings (SSSR count). The lowest BCUT2D eigenvalue weighted by molar-refractivity contribution is 0.353. The van der Waals surface area contributed by atoms with E-state index in [0.717, 1.165) is 28.3 Å². The number of nitrogens with one attached hydrogen (secondary N) is 2. The topological polar surface area (TPSA) is 91.8 Å². The smallest absolute Gasteiger partial charge is 0.221 e. The van der Waals surface area contributed by atoms with Gasteiger partial charge in [0.2, 0.25) is 5.88 Å². The first kappa shape index (κ1) is 18.1. The predicted octanol–water partition coefficient (Wildman–Crippen LogP) is 2.66. The second kappa shape index (κ2) is 7.44. The van der Waals surface area contributed by atoms with Crippen LogP contribution >= 0.6 is 0 Å². The van der Waals surface area contributed by atoms with Gasteiger partial charge in [-0.15, -0.1) is 10.2 Å². The minimum Gasteiger partial charge on any atom is -0.481 e. The van der Waals surface area contributed by atoms with Gasteiger partial charge >= 0.3 is 0 Å². The lowest BCUT2D eigenvalue weighted by Gasteiger charge is -2.36. The predicted molar refractivity (Wildman–Crippen MR) is 111 cm³/mol. The summed E-state index contributed by atoms with van der Waals surface area (Å²) in [6.45, 7) is 0. The fourth-order valence-electron chi connectivity index (χ4n) is 4.54. The Bertz CT molecular complexity index is 961. The number of ether oxygens (including phenoxy) is 1. The first-order valence-electron chi connectivity index (χ1n) is 10.1. The molecule has 5 heterocycles. The number of hydrogen-bond acceptors (Lipinski definition) is 7. The molecule has 29 heavy (non-hydrogen) atoms. The van der Waals surface area contributed by atoms with Crippen LogP contribution in [0.4, 0.5) is 5.82 Å². The van der Waals surface area contributed by atoms with Crippen molar-refractivity contribution in [1.29, 1.82) is 0 Å². The second-order valence-electron chi connectivity index (χ2n) is 7.89. The third-order valence-electron chi connectivity index (χ3n) is 6.13. The monoisotopic (exact) mass is 391 g/mol. The summed E-state index contributed by atoms with van der Waals surface area (Å²) >= 11 is 0. The maximum absolute atomic E-state index is 5.48. The number of aromatic nitrogens is 5. The highest BCUT2D eigenvalue weighted by molar-refractivity contribution is 5.70. The molecule has 8 nitrogen and oxygen atoms in total. The van der Waals surface area contributed by atoms with E-state index >= 15 is 0 Å². The molecule has 0 spiro atoms. The van der Waals surface area contributed by atoms with Crippen LogP contribution in [0.2, 0.25) is 0 Å². The summed E-state index contributed by atoms with van der Waals surface area (Å²) in [5.74, 6) is 1.44. The Morgan fingerprint density at radius 1 is 1.03 bits per heavy atom. The quantitative estimate of drug-likeness (QED) is 0.691. The first-order chi connectivity index (χ1) is 14.2. The zero-order valence-corrected chi connectivity index (χ0v) is 16.7. The van der Waals surface area contributed by atoms with Crippen molar-refractivity contribution < 1.29 is 4.74 Å². The number of fused-ring (bicyclic) bond motifs is 2. The molecular formula is C21H25N7O. The molecule has 0 aromatic carbocycles. The molecule has 0 saturated carbocycles. The van der Waals surface area contributed by atoms with Gasteiger partial charge in [0, 0.05) is 42.5 Å². The van der Waals surface area contributed by atoms with E-state index in [2.05, 4.69) is 42.6 Å². The van der Waals surface area contributed by atoms with Gasteiger partial charge < -0.3 is 15.0 Å². The minimum atomic E-state index is 0.515. The number of rotatable bonds is 5. The molecule has 3 atom stereocenters. The average molecular weight is 391 g/mol. The molecule has 2 unspecified atom stereocenters. The molecule has 3 aromatic rings. The fourth-order valence-corrected chi connectivity index (χ4v) is 4.54. The maximum Gasteiger partial charge on any atom is 0.221 e. The SMILES string of the molecule is COc1nc(-c2ccc(N(C)C3CC4CC[C@@H](C3)N4)nn2)ccc1-c1cn[nH]c1. The van der Waals surface area contributed by atoms with E-state index in [9.17, 15) is 0 Å². The largest absolute Gasteiger partial charge is 0.481 e. The number of anilines is 1. The number of aromatic amines is 1. The zero-order chi connectivity index (χ0) is 19.8. The van der Waals surface area contributed by atoms with Crippen LogP contribution in [0.3, 0.4) is 0 Å². The third-order valence-corrected chi connectivity index (χ3v) is 6.13. The van der Waals surface area contributed by atoms with Crippen LogP contribution in [0.5, 0.6) is 5.88 Å². The molecule has 8 heteroatoms. The molecule has 0 radical (unpaired) electrons. The van der Waals surface area contributed by atoms with Crippen LogP contribution in [-0.2, 0) is 0 Å². The summed E-state index contributed by atoms with van der Waals surface area (Å²) in [5.41, 5.74) is 3.27. The number of hydrogen-bond donors (Lipinski definition) is 2. The van der Waals surface area contributed by atoms with Gasteiger partial charge in [0.1, 0.15) is 5.69 Å². The van der Waals surface area contributed by atoms with Crippen LogP contribution in [0.25, 0.3) is 22.5 Å². The van der Waals surface area contributed by atoms with Gasteiger partial charge in [0.15, 0.2) is 5.82 Å². The van der Waals surface area contributed by atoms with Gasteiger partial charge in [-0.05, 0) is 49.9 Å². The number of piperidine rings is 1. The van der Waals surface area contributed by atoms with E-state index < -0.39 is 0 Å². The highest BCUT2D eigenvalue weighted by atomic mass is 16.5. The summed E-state index contributed by atoms with van der Waals surface area (Å²) < 4.78 is 5.48. The van der Waals surface area contributed by atoms with Gasteiger partial charge in [-0.25, -0.2) is 4.98 Å². The van der Waals surface area contributed by atoms with Crippen molar-refractivity contribution in [2.24, 2.45) is 0 Å². The molecule has 2 fully saturated rings. The van der Waals surface area contributed by atoms with E-state index in [4.69, 9.17) is 4.74 Å². The van der Waals surface area contributed by atoms with Gasteiger partial charge in [-0.1, -0.05) is 0 Å². The van der Waals surface area contributed by atoms with Crippen molar-refractivity contribution in [3.05, 3.63) is 36.7 Å². The van der Waals surface area contributed by atoms with E-state index in [0.29, 0.717) is 24.0 Å². The molecule has 2 aliphatic rings. The van der Waals surface area contributed by atoms with Gasteiger partial charge in [-0.3, -0.25) is 5.10 Å². The second-order valence-corrected chi connectivity index (χ2v) is 7.89. The lowest BCUT2D eigenvalue weighted by atomic mass is 9.98. The summed E-state index contributed by atoms with van der Waals surface area (Å²) in [6.07, 6.45) is 8.49. The fraction of sp³-hybridized carbons (Fsp3) is 0.429. The number of pyridine rings is 1. The standard InChI is InChI=1S/C21H25N7O/c1-28(16-9-14-3-4-15(10-16)24-14)20-8-7-19(26-27-20)18-6-5-17(21(25-18)29-2)13-11-22-23-12-13/h5-8,11-12,14-16,24H,3-4,9-10H2,1-2H3,(H,22,23)/t14-,15?,16?/m0/s1. The molecule has 150 valence electrons. The Morgan fingerprint density at radius 2 is 1.83 bits per heavy atom. The summed E-state index contributed by atoms with van der Waals surface area (Å²) in [6, 6.07) is 9.73. The van der Waals surface area contributed by atoms with E-state index in [1.807, 2.05) is 30.5 Å². The van der Waals surface area contributed by atoms with Crippen molar-refractivity contribution >= 4 is 5.82 Å². The van der Waals surface area contributed by atoms with Gasteiger partial charge in [-0.2, -0.15) is 5.10 Å². The Hall–Kier alpha value is -3.00. The van der Waals surface area contributed by atoms with Crippen LogP contribution in [0, 0.1) is 0 Å². The van der Waals surface area contributed by atoms with Crippen molar-refractivity contribution in [1.82, 2.24) is 30.7 Å². The minimum absolute atomic E-state index is 0.515. The molecule has 2 bridgehead atoms. The van der Waals surface area contributed by atoms with Gasteiger partial charge in [0.05, 0.1) is 19.0 Å². The van der Waals surface area contributed by atoms with Crippen LogP contribution in [0.1, 0.15) is 25.7 Å². The van der Waals surface area contributed by atoms with Crippen molar-refractivity contribution in [3.63, 3.8) is 0 Å². The van der Waals surface area contributed by atoms with Crippen molar-refractivity contribution in [2.75, 3.05) is 19.1 Å². The number of H-pyrrole nitrogens is 1. The van der Waals surface area contributed by atoms with Crippen LogP contribution in [-0.4, -0.2) is 57.7 Å². The summed E-state index contributed by atoms with van der Waals surface area (Å²) in [4.78, 5) is 6.90. The third kappa shape index (κ3) is 3.44. The van der Waals surface area contributed by atoms with E-state index in [1.165, 1.54) is 25.7 Å². The Morgan fingerprint density at radius 3 is 2.48 bits per heavy atom. The van der Waals surface area contributed by atoms with Crippen LogP contribution < -0.4 is 15.0 Å². The van der Waals surface area contributed by atoms with Crippen LogP contribution in [0.15, 0.2) is 36.7 Å². The average Bonchev–Trinajstić information content (AvgIpc) is 3.42. The van der Waals surface area contributed by atoms with Crippen molar-refractivity contribution in [2.45, 2.75) is 43.8 Å². The molecule has 3 aromatic heterocycles. The normalized spacial score (nSPS) is 23.2. The summed E-state index contributed by atoms with van der Waals surface area (Å²) in [7, 11) is 3.74. The molecule has 2 N–H and O–H groups in total. The maximum atomic E-state index is 5.48. The van der Waals surface area contributed by atoms with E-state index in [-0.39, 0.29) is 0 Å². The summed E-state index contributed by atoms with van der Waals surface area (Å²) in [5, 5.41) is 19.4. The van der Waals surface area contributed by atoms with E-state index in [1.54, 1.807) is 13.3 Å². The Balaban J connectivity index is 1.36. The zero-order valence-electron chi connectivity index (χ0n) is 16.7. The molecule has 0 aliphatic carbocycles. The van der Waals surface area contributed by atoms with Gasteiger partial charge in [0.25, 0.3) is 0 Å². The highest BCUT2D eigenvalue weighted by Crippen LogP contribution is 2.32. The molecular weight excluding hydrogens is 366 g/mol. The number of nitrogens with zero attached hydrogens (tertiary/aromatic N) is 5. The molecule has 2 aliphatic heterocycles. The highest BCUT2D eigenvalue weighted by Gasteiger charge is 2.35. The Labute approximate surface area is 169 Å².